The molecule has 5 nitrogen and oxygen atoms in total. The second kappa shape index (κ2) is 6.78. The lowest BCUT2D eigenvalue weighted by atomic mass is 10.1. The van der Waals surface area contributed by atoms with E-state index in [4.69, 9.17) is 15.2 Å². The van der Waals surface area contributed by atoms with Crippen molar-refractivity contribution in [1.82, 2.24) is 0 Å². The first kappa shape index (κ1) is 15.0. The van der Waals surface area contributed by atoms with Crippen molar-refractivity contribution in [3.63, 3.8) is 0 Å². The molecule has 104 valence electrons. The number of amides is 1. The van der Waals surface area contributed by atoms with Crippen LogP contribution in [0.25, 0.3) is 0 Å². The molecule has 0 aliphatic heterocycles. The van der Waals surface area contributed by atoms with Gasteiger partial charge in [0.1, 0.15) is 5.75 Å². The number of hydrogen-bond donors (Lipinski definition) is 1. The van der Waals surface area contributed by atoms with Crippen LogP contribution >= 0.6 is 0 Å². The molecule has 0 atom stereocenters. The average molecular weight is 265 g/mol. The summed E-state index contributed by atoms with van der Waals surface area (Å²) in [4.78, 5) is 22.3. The van der Waals surface area contributed by atoms with Gasteiger partial charge in [-0.3, -0.25) is 9.59 Å². The van der Waals surface area contributed by atoms with Gasteiger partial charge in [0, 0.05) is 5.56 Å². The first-order valence-corrected chi connectivity index (χ1v) is 6.15. The zero-order chi connectivity index (χ0) is 14.4. The largest absolute Gasteiger partial charge is 0.492 e. The molecule has 0 radical (unpaired) electrons. The maximum atomic E-state index is 11.2. The van der Waals surface area contributed by atoms with Crippen molar-refractivity contribution in [2.45, 2.75) is 27.2 Å². The molecule has 1 aromatic carbocycles. The van der Waals surface area contributed by atoms with Crippen LogP contribution < -0.4 is 10.5 Å². The van der Waals surface area contributed by atoms with E-state index in [9.17, 15) is 9.59 Å². The quantitative estimate of drug-likeness (QED) is 0.794. The van der Waals surface area contributed by atoms with E-state index >= 15 is 0 Å². The monoisotopic (exact) mass is 265 g/mol. The number of rotatable bonds is 6. The van der Waals surface area contributed by atoms with Crippen LogP contribution in [0.5, 0.6) is 5.75 Å². The Morgan fingerprint density at radius 1 is 1.21 bits per heavy atom. The van der Waals surface area contributed by atoms with Crippen molar-refractivity contribution in [3.8, 4) is 5.75 Å². The van der Waals surface area contributed by atoms with Gasteiger partial charge in [-0.15, -0.1) is 0 Å². The highest BCUT2D eigenvalue weighted by Gasteiger charge is 2.10. The molecule has 0 aromatic heterocycles. The molecule has 0 spiro atoms. The Morgan fingerprint density at radius 2 is 1.79 bits per heavy atom. The molecule has 0 saturated carbocycles. The van der Waals surface area contributed by atoms with E-state index in [0.29, 0.717) is 17.9 Å². The lowest BCUT2D eigenvalue weighted by Gasteiger charge is -2.13. The number of aryl methyl sites for hydroxylation is 2. The van der Waals surface area contributed by atoms with E-state index in [0.717, 1.165) is 11.1 Å². The molecule has 5 heteroatoms. The molecule has 0 aliphatic rings. The van der Waals surface area contributed by atoms with Gasteiger partial charge >= 0.3 is 5.97 Å². The molecule has 0 aliphatic carbocycles. The minimum Gasteiger partial charge on any atom is -0.492 e. The Bertz CT molecular complexity index is 459. The standard InChI is InChI=1S/C14H19NO4/c1-4-18-12(16)5-6-19-13-9(2)7-11(14(15)17)8-10(13)3/h7-8H,4-6H2,1-3H3,(H2,15,17). The smallest absolute Gasteiger partial charge is 0.309 e. The molecule has 19 heavy (non-hydrogen) atoms. The maximum Gasteiger partial charge on any atom is 0.309 e. The minimum atomic E-state index is -0.468. The molecular formula is C14H19NO4. The molecule has 1 rings (SSSR count). The molecule has 0 bridgehead atoms. The van der Waals surface area contributed by atoms with Gasteiger partial charge in [-0.25, -0.2) is 0 Å². The molecular weight excluding hydrogens is 246 g/mol. The summed E-state index contributed by atoms with van der Waals surface area (Å²) in [6.45, 7) is 6.04. The number of ether oxygens (including phenoxy) is 2. The van der Waals surface area contributed by atoms with Crippen molar-refractivity contribution in [1.29, 1.82) is 0 Å². The number of primary amides is 1. The third kappa shape index (κ3) is 4.28. The fourth-order valence-corrected chi connectivity index (χ4v) is 1.79. The van der Waals surface area contributed by atoms with E-state index in [1.165, 1.54) is 0 Å². The second-order valence-electron chi connectivity index (χ2n) is 4.21. The summed E-state index contributed by atoms with van der Waals surface area (Å²) in [5.74, 6) is -0.0786. The number of hydrogen-bond acceptors (Lipinski definition) is 4. The first-order valence-electron chi connectivity index (χ1n) is 6.15. The summed E-state index contributed by atoms with van der Waals surface area (Å²) in [5, 5.41) is 0. The lowest BCUT2D eigenvalue weighted by Crippen LogP contribution is -2.13. The number of carbonyl (C=O) groups excluding carboxylic acids is 2. The van der Waals surface area contributed by atoms with Crippen LogP contribution in [0, 0.1) is 13.8 Å². The zero-order valence-corrected chi connectivity index (χ0v) is 11.5. The van der Waals surface area contributed by atoms with E-state index in [1.54, 1.807) is 19.1 Å². The molecule has 0 unspecified atom stereocenters. The molecule has 0 saturated heterocycles. The fraction of sp³-hybridized carbons (Fsp3) is 0.429. The average Bonchev–Trinajstić information content (AvgIpc) is 2.32. The van der Waals surface area contributed by atoms with Crippen LogP contribution in [-0.4, -0.2) is 25.1 Å². The first-order chi connectivity index (χ1) is 8.95. The molecule has 1 amide bonds. The maximum absolute atomic E-state index is 11.2. The van der Waals surface area contributed by atoms with Crippen LogP contribution in [0.3, 0.4) is 0 Å². The lowest BCUT2D eigenvalue weighted by molar-refractivity contribution is -0.143. The Hall–Kier alpha value is -2.04. The van der Waals surface area contributed by atoms with Crippen molar-refractivity contribution >= 4 is 11.9 Å². The molecule has 0 heterocycles. The van der Waals surface area contributed by atoms with Crippen molar-refractivity contribution < 1.29 is 19.1 Å². The number of esters is 1. The summed E-state index contributed by atoms with van der Waals surface area (Å²) in [5.41, 5.74) is 7.32. The van der Waals surface area contributed by atoms with Crippen LogP contribution in [0.1, 0.15) is 34.8 Å². The fourth-order valence-electron chi connectivity index (χ4n) is 1.79. The highest BCUT2D eigenvalue weighted by atomic mass is 16.5. The van der Waals surface area contributed by atoms with Gasteiger partial charge in [-0.2, -0.15) is 0 Å². The van der Waals surface area contributed by atoms with E-state index < -0.39 is 5.91 Å². The van der Waals surface area contributed by atoms with E-state index in [-0.39, 0.29) is 19.0 Å². The summed E-state index contributed by atoms with van der Waals surface area (Å²) in [6, 6.07) is 3.35. The highest BCUT2D eigenvalue weighted by Crippen LogP contribution is 2.24. The molecule has 1 aromatic rings. The van der Waals surface area contributed by atoms with E-state index in [1.807, 2.05) is 13.8 Å². The summed E-state index contributed by atoms with van der Waals surface area (Å²) < 4.78 is 10.4. The van der Waals surface area contributed by atoms with Gasteiger partial charge in [0.05, 0.1) is 19.6 Å². The Balaban J connectivity index is 2.69. The van der Waals surface area contributed by atoms with Gasteiger partial charge in [0.2, 0.25) is 5.91 Å². The van der Waals surface area contributed by atoms with Crippen LogP contribution in [0.4, 0.5) is 0 Å². The van der Waals surface area contributed by atoms with Gasteiger partial charge in [0.25, 0.3) is 0 Å². The number of carbonyl (C=O) groups is 2. The van der Waals surface area contributed by atoms with Crippen molar-refractivity contribution in [2.24, 2.45) is 5.73 Å². The Labute approximate surface area is 112 Å². The molecule has 0 fully saturated rings. The van der Waals surface area contributed by atoms with Crippen molar-refractivity contribution in [2.75, 3.05) is 13.2 Å². The van der Waals surface area contributed by atoms with Crippen LogP contribution in [-0.2, 0) is 9.53 Å². The van der Waals surface area contributed by atoms with Crippen LogP contribution in [0.2, 0.25) is 0 Å². The van der Waals surface area contributed by atoms with E-state index in [2.05, 4.69) is 0 Å². The topological polar surface area (TPSA) is 78.6 Å². The van der Waals surface area contributed by atoms with Gasteiger partial charge in [-0.1, -0.05) is 0 Å². The predicted octanol–water partition coefficient (Wildman–Crippen LogP) is 1.73. The van der Waals surface area contributed by atoms with Crippen molar-refractivity contribution in [3.05, 3.63) is 28.8 Å². The molecule has 2 N–H and O–H groups in total. The summed E-state index contributed by atoms with van der Waals surface area (Å²) >= 11 is 0. The van der Waals surface area contributed by atoms with Gasteiger partial charge in [0.15, 0.2) is 0 Å². The van der Waals surface area contributed by atoms with Gasteiger partial charge < -0.3 is 15.2 Å². The third-order valence-corrected chi connectivity index (χ3v) is 2.60. The van der Waals surface area contributed by atoms with Gasteiger partial charge in [-0.05, 0) is 44.0 Å². The predicted molar refractivity (Wildman–Crippen MR) is 71.2 cm³/mol. The number of benzene rings is 1. The minimum absolute atomic E-state index is 0.199. The van der Waals surface area contributed by atoms with Crippen LogP contribution in [0.15, 0.2) is 12.1 Å². The second-order valence-corrected chi connectivity index (χ2v) is 4.21. The zero-order valence-electron chi connectivity index (χ0n) is 11.5. The normalized spacial score (nSPS) is 10.1. The summed E-state index contributed by atoms with van der Waals surface area (Å²) in [6.07, 6.45) is 0.199. The Morgan fingerprint density at radius 3 is 2.26 bits per heavy atom. The third-order valence-electron chi connectivity index (χ3n) is 2.60. The highest BCUT2D eigenvalue weighted by molar-refractivity contribution is 5.93. The number of nitrogens with two attached hydrogens (primary N) is 1. The Kier molecular flexibility index (Phi) is 5.36. The summed E-state index contributed by atoms with van der Waals surface area (Å²) in [7, 11) is 0. The SMILES string of the molecule is CCOC(=O)CCOc1c(C)cc(C(N)=O)cc1C.